The van der Waals surface area contributed by atoms with Gasteiger partial charge in [0.15, 0.2) is 5.16 Å². The lowest BCUT2D eigenvalue weighted by atomic mass is 10.2. The van der Waals surface area contributed by atoms with E-state index in [9.17, 15) is 9.59 Å². The highest BCUT2D eigenvalue weighted by Crippen LogP contribution is 2.24. The van der Waals surface area contributed by atoms with Crippen LogP contribution in [0.1, 0.15) is 26.7 Å². The zero-order valence-corrected chi connectivity index (χ0v) is 15.1. The van der Waals surface area contributed by atoms with Crippen LogP contribution in [-0.2, 0) is 11.3 Å². The second kappa shape index (κ2) is 9.08. The first-order valence-corrected chi connectivity index (χ1v) is 9.01. The van der Waals surface area contributed by atoms with Gasteiger partial charge in [0.25, 0.3) is 0 Å². The van der Waals surface area contributed by atoms with Crippen LogP contribution in [0.5, 0.6) is 0 Å². The number of nitrogens with zero attached hydrogens (tertiary/aromatic N) is 4. The monoisotopic (exact) mass is 359 g/mol. The number of hydrogen-bond donors (Lipinski definition) is 1. The number of amides is 1. The van der Waals surface area contributed by atoms with Gasteiger partial charge >= 0.3 is 5.69 Å². The van der Waals surface area contributed by atoms with Gasteiger partial charge in [-0.3, -0.25) is 9.36 Å². The molecule has 7 nitrogen and oxygen atoms in total. The average molecular weight is 359 g/mol. The molecule has 0 aliphatic heterocycles. The van der Waals surface area contributed by atoms with Crippen molar-refractivity contribution in [1.82, 2.24) is 14.8 Å². The van der Waals surface area contributed by atoms with E-state index in [1.807, 2.05) is 37.3 Å². The minimum absolute atomic E-state index is 0.120. The highest BCUT2D eigenvalue weighted by Gasteiger charge is 2.24. The molecule has 0 unspecified atom stereocenters. The van der Waals surface area contributed by atoms with E-state index in [4.69, 9.17) is 5.26 Å². The number of nitriles is 1. The Hall–Kier alpha value is -2.53. The molecule has 132 valence electrons. The highest BCUT2D eigenvalue weighted by molar-refractivity contribution is 8.00. The van der Waals surface area contributed by atoms with Gasteiger partial charge in [-0.05, 0) is 25.5 Å². The summed E-state index contributed by atoms with van der Waals surface area (Å²) in [5.41, 5.74) is 0.483. The summed E-state index contributed by atoms with van der Waals surface area (Å²) in [5.74, 6) is -0.120. The van der Waals surface area contributed by atoms with Crippen molar-refractivity contribution in [3.05, 3.63) is 40.8 Å². The Morgan fingerprint density at radius 2 is 2.16 bits per heavy atom. The predicted octanol–water partition coefficient (Wildman–Crippen LogP) is 2.41. The maximum absolute atomic E-state index is 12.9. The van der Waals surface area contributed by atoms with Crippen molar-refractivity contribution in [2.45, 2.75) is 43.6 Å². The van der Waals surface area contributed by atoms with Crippen LogP contribution >= 0.6 is 11.8 Å². The molecule has 0 fully saturated rings. The Morgan fingerprint density at radius 3 is 2.80 bits per heavy atom. The van der Waals surface area contributed by atoms with Gasteiger partial charge in [0, 0.05) is 18.8 Å². The number of aromatic amines is 1. The molecule has 0 aliphatic carbocycles. The van der Waals surface area contributed by atoms with E-state index in [1.165, 1.54) is 16.3 Å². The van der Waals surface area contributed by atoms with Crippen molar-refractivity contribution >= 4 is 23.4 Å². The third-order valence-corrected chi connectivity index (χ3v) is 4.66. The fraction of sp³-hybridized carbons (Fsp3) is 0.412. The third-order valence-electron chi connectivity index (χ3n) is 3.58. The van der Waals surface area contributed by atoms with E-state index in [0.717, 1.165) is 12.1 Å². The van der Waals surface area contributed by atoms with Crippen molar-refractivity contribution < 1.29 is 4.79 Å². The van der Waals surface area contributed by atoms with E-state index in [0.29, 0.717) is 18.2 Å². The smallest absolute Gasteiger partial charge is 0.310 e. The van der Waals surface area contributed by atoms with Crippen LogP contribution in [-0.4, -0.2) is 32.5 Å². The van der Waals surface area contributed by atoms with Crippen LogP contribution in [0, 0.1) is 11.3 Å². The van der Waals surface area contributed by atoms with Crippen LogP contribution in [0.25, 0.3) is 0 Å². The topological polar surface area (TPSA) is 94.8 Å². The molecule has 0 aliphatic rings. The molecule has 2 rings (SSSR count). The number of nitrogens with one attached hydrogen (secondary N) is 1. The summed E-state index contributed by atoms with van der Waals surface area (Å²) >= 11 is 1.24. The molecule has 1 atom stereocenters. The molecule has 1 N–H and O–H groups in total. The Bertz CT molecular complexity index is 793. The van der Waals surface area contributed by atoms with Crippen molar-refractivity contribution in [3.8, 4) is 6.07 Å². The molecule has 8 heteroatoms. The molecule has 0 radical (unpaired) electrons. The molecule has 1 aromatic carbocycles. The maximum atomic E-state index is 12.9. The first-order chi connectivity index (χ1) is 12.1. The number of aromatic nitrogens is 3. The summed E-state index contributed by atoms with van der Waals surface area (Å²) in [6, 6.07) is 11.3. The minimum Gasteiger partial charge on any atom is -0.310 e. The normalized spacial score (nSPS) is 11.7. The summed E-state index contributed by atoms with van der Waals surface area (Å²) in [7, 11) is 0. The summed E-state index contributed by atoms with van der Waals surface area (Å²) in [6.07, 6.45) is 1.05. The number of thioether (sulfide) groups is 1. The van der Waals surface area contributed by atoms with Gasteiger partial charge in [-0.2, -0.15) is 5.26 Å². The molecular weight excluding hydrogens is 338 g/mol. The number of hydrogen-bond acceptors (Lipinski definition) is 5. The van der Waals surface area contributed by atoms with Gasteiger partial charge in [-0.25, -0.2) is 9.89 Å². The number of benzene rings is 1. The van der Waals surface area contributed by atoms with Crippen molar-refractivity contribution in [3.63, 3.8) is 0 Å². The lowest BCUT2D eigenvalue weighted by molar-refractivity contribution is -0.117. The molecule has 0 spiro atoms. The first-order valence-electron chi connectivity index (χ1n) is 8.13. The Morgan fingerprint density at radius 1 is 1.44 bits per heavy atom. The Kier molecular flexibility index (Phi) is 6.83. The second-order valence-corrected chi connectivity index (χ2v) is 6.76. The van der Waals surface area contributed by atoms with E-state index in [1.54, 1.807) is 11.8 Å². The van der Waals surface area contributed by atoms with Gasteiger partial charge in [0.1, 0.15) is 0 Å². The lowest BCUT2D eigenvalue weighted by Gasteiger charge is -2.24. The van der Waals surface area contributed by atoms with Crippen molar-refractivity contribution in [1.29, 1.82) is 5.26 Å². The van der Waals surface area contributed by atoms with Crippen LogP contribution in [0.15, 0.2) is 40.3 Å². The number of rotatable bonds is 8. The number of anilines is 1. The molecule has 1 heterocycles. The summed E-state index contributed by atoms with van der Waals surface area (Å²) in [6.45, 7) is 4.63. The number of para-hydroxylation sites is 1. The van der Waals surface area contributed by atoms with Crippen LogP contribution in [0.3, 0.4) is 0 Å². The van der Waals surface area contributed by atoms with E-state index in [-0.39, 0.29) is 18.0 Å². The van der Waals surface area contributed by atoms with Crippen LogP contribution < -0.4 is 10.6 Å². The maximum Gasteiger partial charge on any atom is 0.343 e. The number of carbonyl (C=O) groups excluding carboxylic acids is 1. The molecule has 0 bridgehead atoms. The Balaban J connectivity index is 2.18. The largest absolute Gasteiger partial charge is 0.343 e. The average Bonchev–Trinajstić information content (AvgIpc) is 2.96. The van der Waals surface area contributed by atoms with E-state index >= 15 is 0 Å². The molecular formula is C17H21N5O2S. The van der Waals surface area contributed by atoms with Gasteiger partial charge in [-0.1, -0.05) is 36.9 Å². The minimum atomic E-state index is -0.440. The molecule has 0 saturated heterocycles. The van der Waals surface area contributed by atoms with Gasteiger partial charge in [-0.15, -0.1) is 5.10 Å². The molecule has 25 heavy (non-hydrogen) atoms. The van der Waals surface area contributed by atoms with E-state index in [2.05, 4.69) is 16.3 Å². The zero-order chi connectivity index (χ0) is 18.2. The molecule has 1 aromatic heterocycles. The van der Waals surface area contributed by atoms with Crippen LogP contribution in [0.4, 0.5) is 5.69 Å². The number of carbonyl (C=O) groups is 1. The Labute approximate surface area is 150 Å². The first kappa shape index (κ1) is 18.8. The van der Waals surface area contributed by atoms with Gasteiger partial charge in [0.2, 0.25) is 5.91 Å². The predicted molar refractivity (Wildman–Crippen MR) is 97.5 cm³/mol. The summed E-state index contributed by atoms with van der Waals surface area (Å²) in [4.78, 5) is 26.3. The third kappa shape index (κ3) is 4.73. The van der Waals surface area contributed by atoms with Gasteiger partial charge < -0.3 is 4.90 Å². The lowest BCUT2D eigenvalue weighted by Crippen LogP contribution is -2.37. The zero-order valence-electron chi connectivity index (χ0n) is 14.3. The SMILES string of the molecule is CCCn1c(S[C@@H](C)C(=O)N(CCC#N)c2ccccc2)n[nH]c1=O. The highest BCUT2D eigenvalue weighted by atomic mass is 32.2. The van der Waals surface area contributed by atoms with Crippen molar-refractivity contribution in [2.24, 2.45) is 0 Å². The van der Waals surface area contributed by atoms with Crippen LogP contribution in [0.2, 0.25) is 0 Å². The fourth-order valence-electron chi connectivity index (χ4n) is 2.38. The van der Waals surface area contributed by atoms with E-state index < -0.39 is 5.25 Å². The molecule has 2 aromatic rings. The quantitative estimate of drug-likeness (QED) is 0.730. The summed E-state index contributed by atoms with van der Waals surface area (Å²) in [5, 5.41) is 15.4. The number of H-pyrrole nitrogens is 1. The molecule has 0 saturated carbocycles. The summed E-state index contributed by atoms with van der Waals surface area (Å²) < 4.78 is 1.54. The standard InChI is InChI=1S/C17H21N5O2S/c1-3-11-22-16(24)19-20-17(22)25-13(2)15(23)21(12-7-10-18)14-8-5-4-6-9-14/h4-6,8-9,13H,3,7,11-12H2,1-2H3,(H,19,24)/t13-/m0/s1. The second-order valence-electron chi connectivity index (χ2n) is 5.46. The van der Waals surface area contributed by atoms with Crippen molar-refractivity contribution in [2.75, 3.05) is 11.4 Å². The molecule has 1 amide bonds. The van der Waals surface area contributed by atoms with Gasteiger partial charge in [0.05, 0.1) is 17.7 Å². The fourth-order valence-corrected chi connectivity index (χ4v) is 3.32.